The van der Waals surface area contributed by atoms with Crippen molar-refractivity contribution in [2.24, 2.45) is 10.2 Å². The van der Waals surface area contributed by atoms with E-state index in [1.165, 1.54) is 0 Å². The third-order valence-corrected chi connectivity index (χ3v) is 16.0. The third kappa shape index (κ3) is 15.5. The first-order chi connectivity index (χ1) is 39.0. The Balaban J connectivity index is 0.698. The van der Waals surface area contributed by atoms with E-state index in [2.05, 4.69) is 204 Å². The molecule has 0 aromatic heterocycles. The summed E-state index contributed by atoms with van der Waals surface area (Å²) >= 11 is 4.97. The summed E-state index contributed by atoms with van der Waals surface area (Å²) in [6.07, 6.45) is 2.44. The number of hydrogen-bond acceptors (Lipinski definition) is 11. The van der Waals surface area contributed by atoms with E-state index in [4.69, 9.17) is 10.2 Å². The molecule has 2 unspecified atom stereocenters. The largest absolute Gasteiger partial charge is 0.390 e. The maximum Gasteiger partial charge on any atom is 0.0830 e. The number of benzene rings is 10. The van der Waals surface area contributed by atoms with Crippen molar-refractivity contribution >= 4 is 93.2 Å². The first-order valence-corrected chi connectivity index (χ1v) is 29.0. The topological polar surface area (TPSA) is 78.1 Å². The molecule has 11 heteroatoms. The van der Waals surface area contributed by atoms with Crippen LogP contribution in [0, 0.1) is 0 Å². The average molecular weight is 1090 g/mol. The van der Waals surface area contributed by atoms with Crippen molar-refractivity contribution in [3.8, 4) is 0 Å². The molecule has 10 aromatic rings. The fraction of sp³-hybridized carbons (Fsp3) is 0.0882. The van der Waals surface area contributed by atoms with Crippen LogP contribution in [0.1, 0.15) is 11.1 Å². The van der Waals surface area contributed by atoms with E-state index in [1.54, 1.807) is 35.3 Å². The minimum absolute atomic E-state index is 0.338. The minimum atomic E-state index is -0.634. The molecule has 0 fully saturated rings. The lowest BCUT2D eigenvalue weighted by Gasteiger charge is -2.25. The number of aliphatic hydroxyl groups is 2. The van der Waals surface area contributed by atoms with Gasteiger partial charge in [0.2, 0.25) is 0 Å². The molecule has 0 aliphatic rings. The fourth-order valence-corrected chi connectivity index (χ4v) is 11.2. The lowest BCUT2D eigenvalue weighted by atomic mass is 10.1. The van der Waals surface area contributed by atoms with E-state index >= 15 is 0 Å². The Kier molecular flexibility index (Phi) is 19.1. The first kappa shape index (κ1) is 54.1. The quantitative estimate of drug-likeness (QED) is 0.0349. The smallest absolute Gasteiger partial charge is 0.0830 e. The van der Waals surface area contributed by atoms with Crippen LogP contribution in [-0.4, -0.2) is 59.4 Å². The van der Waals surface area contributed by atoms with Crippen molar-refractivity contribution in [2.45, 2.75) is 31.8 Å². The van der Waals surface area contributed by atoms with Gasteiger partial charge in [-0.2, -0.15) is 10.2 Å². The van der Waals surface area contributed by atoms with Crippen LogP contribution in [0.2, 0.25) is 0 Å². The zero-order valence-corrected chi connectivity index (χ0v) is 45.9. The summed E-state index contributed by atoms with van der Waals surface area (Å²) in [5.74, 6) is 1.03. The second-order valence-electron chi connectivity index (χ2n) is 18.5. The molecule has 2 atom stereocenters. The fourth-order valence-electron chi connectivity index (χ4n) is 8.77. The zero-order chi connectivity index (χ0) is 53.9. The number of hydrogen-bond donors (Lipinski definition) is 2. The minimum Gasteiger partial charge on any atom is -0.390 e. The highest BCUT2D eigenvalue weighted by atomic mass is 32.2. The molecule has 0 bridgehead atoms. The number of para-hydroxylation sites is 6. The summed E-state index contributed by atoms with van der Waals surface area (Å²) in [7, 11) is 0. The standard InChI is InChI=1S/C68H60N6O2S3/c75-63(49-71(55-19-7-1-8-20-55)69-47-53-31-35-61(36-32-53)73(57-23-11-3-12-24-57)58-25-13-4-14-26-58)51-77-65-39-43-67(44-40-65)79-68-45-41-66(42-46-68)78-52-64(76)50-72(56-21-9-2-10-22-56)70-48-54-33-37-62(38-34-54)74(59-27-15-5-16-28-59)60-29-17-6-18-30-60/h1-48,63-64,75-76H,49-52H2/b69-47+,70-48+. The van der Waals surface area contributed by atoms with Crippen molar-refractivity contribution in [3.05, 3.63) is 290 Å². The van der Waals surface area contributed by atoms with Gasteiger partial charge in [-0.05, 0) is 157 Å². The van der Waals surface area contributed by atoms with Gasteiger partial charge in [-0.15, -0.1) is 23.5 Å². The number of rotatable bonds is 24. The molecule has 0 spiro atoms. The van der Waals surface area contributed by atoms with Gasteiger partial charge in [-0.25, -0.2) is 0 Å². The molecule has 0 amide bonds. The van der Waals surface area contributed by atoms with E-state index in [1.807, 2.05) is 107 Å². The van der Waals surface area contributed by atoms with E-state index in [9.17, 15) is 10.2 Å². The Morgan fingerprint density at radius 2 is 0.557 bits per heavy atom. The van der Waals surface area contributed by atoms with Crippen molar-refractivity contribution in [2.75, 3.05) is 44.4 Å². The van der Waals surface area contributed by atoms with Gasteiger partial charge in [0.25, 0.3) is 0 Å². The van der Waals surface area contributed by atoms with Crippen LogP contribution in [0.15, 0.2) is 309 Å². The van der Waals surface area contributed by atoms with Crippen LogP contribution < -0.4 is 19.8 Å². The summed E-state index contributed by atoms with van der Waals surface area (Å²) in [4.78, 5) is 8.90. The third-order valence-electron chi connectivity index (χ3n) is 12.7. The average Bonchev–Trinajstić information content (AvgIpc) is 3.53. The highest BCUT2D eigenvalue weighted by Crippen LogP contribution is 2.36. The van der Waals surface area contributed by atoms with Gasteiger partial charge in [-0.1, -0.05) is 145 Å². The summed E-state index contributed by atoms with van der Waals surface area (Å²) in [6, 6.07) is 95.1. The molecular weight excluding hydrogens is 1030 g/mol. The summed E-state index contributed by atoms with van der Waals surface area (Å²) in [6.45, 7) is 0.676. The highest BCUT2D eigenvalue weighted by Gasteiger charge is 2.17. The van der Waals surface area contributed by atoms with Crippen LogP contribution >= 0.6 is 35.3 Å². The van der Waals surface area contributed by atoms with Gasteiger partial charge in [0.05, 0.1) is 49.1 Å². The maximum absolute atomic E-state index is 11.3. The Morgan fingerprint density at radius 3 is 0.848 bits per heavy atom. The Morgan fingerprint density at radius 1 is 0.304 bits per heavy atom. The van der Waals surface area contributed by atoms with Crippen LogP contribution in [0.4, 0.5) is 45.5 Å². The molecule has 0 aliphatic heterocycles. The monoisotopic (exact) mass is 1090 g/mol. The number of thioether (sulfide) groups is 2. The molecule has 0 saturated heterocycles. The Bertz CT molecular complexity index is 3130. The summed E-state index contributed by atoms with van der Waals surface area (Å²) in [5, 5.41) is 36.2. The van der Waals surface area contributed by atoms with Gasteiger partial charge >= 0.3 is 0 Å². The second kappa shape index (κ2) is 27.8. The molecular formula is C68H60N6O2S3. The molecule has 0 radical (unpaired) electrons. The van der Waals surface area contributed by atoms with Crippen LogP contribution in [0.3, 0.4) is 0 Å². The lowest BCUT2D eigenvalue weighted by Crippen LogP contribution is -2.30. The second-order valence-corrected chi connectivity index (χ2v) is 21.8. The maximum atomic E-state index is 11.3. The van der Waals surface area contributed by atoms with Crippen molar-refractivity contribution in [1.29, 1.82) is 0 Å². The van der Waals surface area contributed by atoms with Gasteiger partial charge < -0.3 is 20.0 Å². The molecule has 0 aliphatic carbocycles. The predicted molar refractivity (Wildman–Crippen MR) is 335 cm³/mol. The number of nitrogens with zero attached hydrogens (tertiary/aromatic N) is 6. The van der Waals surface area contributed by atoms with E-state index in [0.29, 0.717) is 24.6 Å². The molecule has 10 rings (SSSR count). The molecule has 0 saturated carbocycles. The molecule has 392 valence electrons. The number of hydrazone groups is 2. The van der Waals surface area contributed by atoms with Gasteiger partial charge in [0.1, 0.15) is 0 Å². The Labute approximate surface area is 477 Å². The van der Waals surface area contributed by atoms with Crippen molar-refractivity contribution in [3.63, 3.8) is 0 Å². The van der Waals surface area contributed by atoms with E-state index < -0.39 is 12.2 Å². The summed E-state index contributed by atoms with van der Waals surface area (Å²) in [5.41, 5.74) is 10.2. The van der Waals surface area contributed by atoms with Crippen molar-refractivity contribution in [1.82, 2.24) is 0 Å². The molecule has 10 aromatic carbocycles. The Hall–Kier alpha value is -8.29. The summed E-state index contributed by atoms with van der Waals surface area (Å²) < 4.78 is 0. The SMILES string of the molecule is OC(CSc1ccc(Sc2ccc(SCC(O)CN(/N=C/c3ccc(N(c4ccccc4)c4ccccc4)cc3)c3ccccc3)cc2)cc1)CN(/N=C/c1ccc(N(c2ccccc2)c2ccccc2)cc1)c1ccccc1. The van der Waals surface area contributed by atoms with Gasteiger partial charge in [0.15, 0.2) is 0 Å². The zero-order valence-electron chi connectivity index (χ0n) is 43.5. The van der Waals surface area contributed by atoms with E-state index in [-0.39, 0.29) is 0 Å². The van der Waals surface area contributed by atoms with Crippen LogP contribution in [0.5, 0.6) is 0 Å². The molecule has 8 nitrogen and oxygen atoms in total. The lowest BCUT2D eigenvalue weighted by molar-refractivity contribution is 0.204. The number of aliphatic hydroxyl groups excluding tert-OH is 2. The first-order valence-electron chi connectivity index (χ1n) is 26.2. The molecule has 2 N–H and O–H groups in total. The highest BCUT2D eigenvalue weighted by molar-refractivity contribution is 8.00. The van der Waals surface area contributed by atoms with Crippen LogP contribution in [-0.2, 0) is 0 Å². The molecule has 0 heterocycles. The van der Waals surface area contributed by atoms with Crippen molar-refractivity contribution < 1.29 is 10.2 Å². The van der Waals surface area contributed by atoms with Crippen LogP contribution in [0.25, 0.3) is 0 Å². The molecule has 79 heavy (non-hydrogen) atoms. The normalized spacial score (nSPS) is 12.1. The van der Waals surface area contributed by atoms with Gasteiger partial charge in [0, 0.05) is 65.2 Å². The predicted octanol–water partition coefficient (Wildman–Crippen LogP) is 16.8. The number of anilines is 8. The van der Waals surface area contributed by atoms with Gasteiger partial charge in [-0.3, -0.25) is 10.0 Å². The van der Waals surface area contributed by atoms with E-state index in [0.717, 1.165) is 76.2 Å².